The summed E-state index contributed by atoms with van der Waals surface area (Å²) in [4.78, 5) is 30.6. The van der Waals surface area contributed by atoms with E-state index >= 15 is 0 Å². The van der Waals surface area contributed by atoms with Gasteiger partial charge in [0.2, 0.25) is 5.91 Å². The average Bonchev–Trinajstić information content (AvgIpc) is 2.67. The summed E-state index contributed by atoms with van der Waals surface area (Å²) in [6, 6.07) is 8.02. The second-order valence-corrected chi connectivity index (χ2v) is 7.83. The summed E-state index contributed by atoms with van der Waals surface area (Å²) in [5.74, 6) is 0.512. The molecular weight excluding hydrogens is 497 g/mol. The van der Waals surface area contributed by atoms with E-state index < -0.39 is 11.7 Å². The molecule has 0 atom stereocenters. The molecule has 1 aromatic carbocycles. The second-order valence-electron chi connectivity index (χ2n) is 7.83. The number of hydrogen-bond donors (Lipinski definition) is 3. The second kappa shape index (κ2) is 12.6. The molecule has 1 heterocycles. The van der Waals surface area contributed by atoms with Crippen LogP contribution in [-0.4, -0.2) is 56.3 Å². The van der Waals surface area contributed by atoms with Crippen molar-refractivity contribution in [3.8, 4) is 0 Å². The Morgan fingerprint density at radius 2 is 1.83 bits per heavy atom. The van der Waals surface area contributed by atoms with E-state index in [-0.39, 0.29) is 36.4 Å². The maximum absolute atomic E-state index is 12.7. The smallest absolute Gasteiger partial charge is 0.407 e. The highest BCUT2D eigenvalue weighted by atomic mass is 127. The Kier molecular flexibility index (Phi) is 10.9. The van der Waals surface area contributed by atoms with Gasteiger partial charge in [-0.1, -0.05) is 18.2 Å². The number of halogens is 1. The van der Waals surface area contributed by atoms with Crippen LogP contribution in [0.25, 0.3) is 0 Å². The molecule has 0 unspecified atom stereocenters. The molecule has 1 aliphatic rings. The number of alkyl carbamates (subject to hydrolysis) is 1. The molecule has 2 amide bonds. The number of nitrogens with one attached hydrogen (secondary N) is 3. The van der Waals surface area contributed by atoms with Crippen molar-refractivity contribution in [3.63, 3.8) is 0 Å². The monoisotopic (exact) mass is 531 g/mol. The Balaban J connectivity index is 0.00000450. The molecule has 1 aromatic rings. The zero-order chi connectivity index (χ0) is 21.3. The van der Waals surface area contributed by atoms with Crippen LogP contribution in [0.1, 0.15) is 39.7 Å². The van der Waals surface area contributed by atoms with Gasteiger partial charge in [-0.25, -0.2) is 9.79 Å². The molecule has 0 aliphatic carbocycles. The first kappa shape index (κ1) is 26.0. The number of rotatable bonds is 6. The number of fused-ring (bicyclic) bond motifs is 1. The van der Waals surface area contributed by atoms with Gasteiger partial charge in [-0.2, -0.15) is 0 Å². The van der Waals surface area contributed by atoms with E-state index in [1.54, 1.807) is 0 Å². The summed E-state index contributed by atoms with van der Waals surface area (Å²) < 4.78 is 5.19. The Hall–Kier alpha value is -2.04. The summed E-state index contributed by atoms with van der Waals surface area (Å²) in [5.41, 5.74) is 1.66. The van der Waals surface area contributed by atoms with Crippen molar-refractivity contribution in [1.82, 2.24) is 16.0 Å². The normalized spacial score (nSPS) is 13.6. The number of para-hydroxylation sites is 1. The van der Waals surface area contributed by atoms with Gasteiger partial charge in [0.25, 0.3) is 0 Å². The Morgan fingerprint density at radius 1 is 1.13 bits per heavy atom. The van der Waals surface area contributed by atoms with Crippen LogP contribution >= 0.6 is 24.0 Å². The lowest BCUT2D eigenvalue weighted by Crippen LogP contribution is -2.43. The van der Waals surface area contributed by atoms with Crippen molar-refractivity contribution in [1.29, 1.82) is 0 Å². The zero-order valence-corrected chi connectivity index (χ0v) is 20.6. The number of amides is 2. The number of guanidine groups is 1. The topological polar surface area (TPSA) is 95.1 Å². The fourth-order valence-corrected chi connectivity index (χ4v) is 3.03. The molecule has 0 saturated heterocycles. The van der Waals surface area contributed by atoms with Crippen LogP contribution < -0.4 is 20.9 Å². The fraction of sp³-hybridized carbons (Fsp3) is 0.571. The van der Waals surface area contributed by atoms with E-state index in [0.717, 1.165) is 25.1 Å². The number of aryl methyl sites for hydroxylation is 1. The lowest BCUT2D eigenvalue weighted by molar-refractivity contribution is -0.117. The van der Waals surface area contributed by atoms with Crippen LogP contribution in [0, 0.1) is 0 Å². The molecule has 30 heavy (non-hydrogen) atoms. The molecule has 0 radical (unpaired) electrons. The van der Waals surface area contributed by atoms with Crippen LogP contribution in [0.15, 0.2) is 29.3 Å². The number of aliphatic imine (C=N–C) groups is 1. The first-order valence-corrected chi connectivity index (χ1v) is 10.2. The molecular formula is C21H34IN5O3. The van der Waals surface area contributed by atoms with Gasteiger partial charge < -0.3 is 25.6 Å². The van der Waals surface area contributed by atoms with Gasteiger partial charge in [0.05, 0.1) is 0 Å². The molecule has 0 bridgehead atoms. The zero-order valence-electron chi connectivity index (χ0n) is 18.3. The Morgan fingerprint density at radius 3 is 2.53 bits per heavy atom. The molecule has 0 aromatic heterocycles. The predicted octanol–water partition coefficient (Wildman–Crippen LogP) is 2.66. The minimum absolute atomic E-state index is 0. The number of benzene rings is 1. The van der Waals surface area contributed by atoms with Crippen molar-refractivity contribution in [2.75, 3.05) is 37.6 Å². The first-order valence-electron chi connectivity index (χ1n) is 10.2. The Bertz CT molecular complexity index is 734. The van der Waals surface area contributed by atoms with Gasteiger partial charge >= 0.3 is 6.09 Å². The van der Waals surface area contributed by atoms with E-state index in [1.165, 1.54) is 5.56 Å². The van der Waals surface area contributed by atoms with E-state index in [1.807, 2.05) is 50.8 Å². The van der Waals surface area contributed by atoms with Crippen LogP contribution in [0.4, 0.5) is 10.5 Å². The summed E-state index contributed by atoms with van der Waals surface area (Å²) >= 11 is 0. The van der Waals surface area contributed by atoms with Crippen molar-refractivity contribution >= 4 is 47.6 Å². The van der Waals surface area contributed by atoms with Crippen LogP contribution in [-0.2, 0) is 16.0 Å². The van der Waals surface area contributed by atoms with Gasteiger partial charge in [0.1, 0.15) is 12.1 Å². The summed E-state index contributed by atoms with van der Waals surface area (Å²) in [7, 11) is 0. The molecule has 168 valence electrons. The number of hydrogen-bond acceptors (Lipinski definition) is 4. The van der Waals surface area contributed by atoms with Gasteiger partial charge in [-0.15, -0.1) is 24.0 Å². The molecule has 9 heteroatoms. The molecule has 2 rings (SSSR count). The van der Waals surface area contributed by atoms with E-state index in [9.17, 15) is 9.59 Å². The maximum atomic E-state index is 12.7. The molecule has 0 fully saturated rings. The number of ether oxygens (including phenoxy) is 1. The summed E-state index contributed by atoms with van der Waals surface area (Å²) in [6.45, 7) is 9.71. The lowest BCUT2D eigenvalue weighted by atomic mass is 10.0. The van der Waals surface area contributed by atoms with Gasteiger partial charge in [-0.3, -0.25) is 4.79 Å². The van der Waals surface area contributed by atoms with Crippen LogP contribution in [0.3, 0.4) is 0 Å². The standard InChI is InChI=1S/C21H33N5O3.HI/c1-5-22-19(23-12-13-24-20(28)29-21(2,3)4)25-15-18(27)26-14-8-10-16-9-6-7-11-17(16)26;/h6-7,9,11H,5,8,10,12-15H2,1-4H3,(H,24,28)(H2,22,23,25);1H. The molecule has 0 spiro atoms. The van der Waals surface area contributed by atoms with E-state index in [4.69, 9.17) is 4.74 Å². The SMILES string of the molecule is CCNC(=NCC(=O)N1CCCc2ccccc21)NCCNC(=O)OC(C)(C)C.I. The van der Waals surface area contributed by atoms with Gasteiger partial charge in [0.15, 0.2) is 5.96 Å². The molecule has 1 aliphatic heterocycles. The summed E-state index contributed by atoms with van der Waals surface area (Å²) in [6.07, 6.45) is 1.50. The average molecular weight is 531 g/mol. The number of carbonyl (C=O) groups excluding carboxylic acids is 2. The minimum Gasteiger partial charge on any atom is -0.444 e. The van der Waals surface area contributed by atoms with Crippen molar-refractivity contribution in [2.45, 2.75) is 46.1 Å². The van der Waals surface area contributed by atoms with E-state index in [0.29, 0.717) is 25.6 Å². The van der Waals surface area contributed by atoms with Crippen molar-refractivity contribution in [3.05, 3.63) is 29.8 Å². The molecule has 3 N–H and O–H groups in total. The minimum atomic E-state index is -0.526. The fourth-order valence-electron chi connectivity index (χ4n) is 3.03. The van der Waals surface area contributed by atoms with Crippen molar-refractivity contribution < 1.29 is 14.3 Å². The van der Waals surface area contributed by atoms with Crippen LogP contribution in [0.2, 0.25) is 0 Å². The first-order chi connectivity index (χ1) is 13.8. The third kappa shape index (κ3) is 8.76. The predicted molar refractivity (Wildman–Crippen MR) is 131 cm³/mol. The third-order valence-electron chi connectivity index (χ3n) is 4.21. The number of carbonyl (C=O) groups is 2. The highest BCUT2D eigenvalue weighted by Crippen LogP contribution is 2.26. The third-order valence-corrected chi connectivity index (χ3v) is 4.21. The highest BCUT2D eigenvalue weighted by Gasteiger charge is 2.21. The lowest BCUT2D eigenvalue weighted by Gasteiger charge is -2.29. The Labute approximate surface area is 196 Å². The molecule has 0 saturated carbocycles. The molecule has 8 nitrogen and oxygen atoms in total. The van der Waals surface area contributed by atoms with Crippen LogP contribution in [0.5, 0.6) is 0 Å². The van der Waals surface area contributed by atoms with Crippen molar-refractivity contribution in [2.24, 2.45) is 4.99 Å². The number of anilines is 1. The quantitative estimate of drug-likeness (QED) is 0.227. The maximum Gasteiger partial charge on any atom is 0.407 e. The largest absolute Gasteiger partial charge is 0.444 e. The number of nitrogens with zero attached hydrogens (tertiary/aromatic N) is 2. The highest BCUT2D eigenvalue weighted by molar-refractivity contribution is 14.0. The van der Waals surface area contributed by atoms with Gasteiger partial charge in [-0.05, 0) is 52.2 Å². The van der Waals surface area contributed by atoms with Gasteiger partial charge in [0, 0.05) is 31.9 Å². The van der Waals surface area contributed by atoms with E-state index in [2.05, 4.69) is 27.0 Å². The summed E-state index contributed by atoms with van der Waals surface area (Å²) in [5, 5.41) is 8.91.